The Bertz CT molecular complexity index is 429. The lowest BCUT2D eigenvalue weighted by atomic mass is 10.1. The van der Waals surface area contributed by atoms with Gasteiger partial charge in [0.05, 0.1) is 0 Å². The van der Waals surface area contributed by atoms with Crippen molar-refractivity contribution in [2.24, 2.45) is 0 Å². The SMILES string of the molecule is CCNCc1ccc(Br)cc1N1CCS(=O)CC1. The first-order valence-electron chi connectivity index (χ1n) is 6.29. The zero-order valence-electron chi connectivity index (χ0n) is 10.6. The predicted octanol–water partition coefficient (Wildman–Crippen LogP) is 2.13. The minimum absolute atomic E-state index is 0.621. The van der Waals surface area contributed by atoms with Gasteiger partial charge in [-0.05, 0) is 24.2 Å². The summed E-state index contributed by atoms with van der Waals surface area (Å²) in [5, 5.41) is 3.37. The van der Waals surface area contributed by atoms with E-state index in [0.29, 0.717) is 0 Å². The molecule has 1 aliphatic rings. The van der Waals surface area contributed by atoms with Gasteiger partial charge in [0.25, 0.3) is 0 Å². The molecule has 18 heavy (non-hydrogen) atoms. The van der Waals surface area contributed by atoms with E-state index in [1.165, 1.54) is 11.3 Å². The van der Waals surface area contributed by atoms with Crippen molar-refractivity contribution in [1.29, 1.82) is 0 Å². The molecule has 0 unspecified atom stereocenters. The van der Waals surface area contributed by atoms with Crippen molar-refractivity contribution in [2.75, 3.05) is 36.0 Å². The number of halogens is 1. The Morgan fingerprint density at radius 3 is 2.78 bits per heavy atom. The Balaban J connectivity index is 2.18. The Kier molecular flexibility index (Phi) is 5.21. The molecule has 100 valence electrons. The van der Waals surface area contributed by atoms with Crippen LogP contribution < -0.4 is 10.2 Å². The van der Waals surface area contributed by atoms with E-state index in [1.54, 1.807) is 0 Å². The molecule has 1 aromatic rings. The second-order valence-corrected chi connectivity index (χ2v) is 7.00. The van der Waals surface area contributed by atoms with Crippen molar-refractivity contribution in [3.8, 4) is 0 Å². The second kappa shape index (κ2) is 6.68. The van der Waals surface area contributed by atoms with Gasteiger partial charge < -0.3 is 10.2 Å². The summed E-state index contributed by atoms with van der Waals surface area (Å²) in [5.41, 5.74) is 2.58. The van der Waals surface area contributed by atoms with E-state index in [1.807, 2.05) is 0 Å². The third-order valence-electron chi connectivity index (χ3n) is 3.13. The van der Waals surface area contributed by atoms with E-state index in [9.17, 15) is 4.21 Å². The average Bonchev–Trinajstić information content (AvgIpc) is 2.38. The van der Waals surface area contributed by atoms with Crippen LogP contribution in [-0.4, -0.2) is 35.3 Å². The van der Waals surface area contributed by atoms with E-state index in [0.717, 1.165) is 42.2 Å². The number of rotatable bonds is 4. The lowest BCUT2D eigenvalue weighted by molar-refractivity contribution is 0.672. The molecule has 0 saturated carbocycles. The van der Waals surface area contributed by atoms with Crippen LogP contribution in [0.2, 0.25) is 0 Å². The topological polar surface area (TPSA) is 32.3 Å². The normalized spacial score (nSPS) is 17.1. The number of nitrogens with zero attached hydrogens (tertiary/aromatic N) is 1. The molecule has 1 heterocycles. The fourth-order valence-corrected chi connectivity index (χ4v) is 3.52. The van der Waals surface area contributed by atoms with Gasteiger partial charge >= 0.3 is 0 Å². The first kappa shape index (κ1) is 14.0. The summed E-state index contributed by atoms with van der Waals surface area (Å²) >= 11 is 3.54. The fourth-order valence-electron chi connectivity index (χ4n) is 2.12. The van der Waals surface area contributed by atoms with Gasteiger partial charge in [0.1, 0.15) is 0 Å². The first-order valence-corrected chi connectivity index (χ1v) is 8.58. The zero-order chi connectivity index (χ0) is 13.0. The summed E-state index contributed by atoms with van der Waals surface area (Å²) < 4.78 is 12.5. The Hall–Kier alpha value is -0.390. The maximum Gasteiger partial charge on any atom is 0.0423 e. The number of hydrogen-bond donors (Lipinski definition) is 1. The Morgan fingerprint density at radius 1 is 1.39 bits per heavy atom. The maximum atomic E-state index is 11.4. The van der Waals surface area contributed by atoms with Gasteiger partial charge in [-0.15, -0.1) is 0 Å². The van der Waals surface area contributed by atoms with Gasteiger partial charge in [0.15, 0.2) is 0 Å². The highest BCUT2D eigenvalue weighted by Crippen LogP contribution is 2.26. The van der Waals surface area contributed by atoms with Crippen molar-refractivity contribution in [1.82, 2.24) is 5.32 Å². The fraction of sp³-hybridized carbons (Fsp3) is 0.538. The lowest BCUT2D eigenvalue weighted by Gasteiger charge is -2.30. The van der Waals surface area contributed by atoms with Gasteiger partial charge in [-0.2, -0.15) is 0 Å². The van der Waals surface area contributed by atoms with Crippen LogP contribution in [0.5, 0.6) is 0 Å². The van der Waals surface area contributed by atoms with Gasteiger partial charge in [-0.1, -0.05) is 28.9 Å². The lowest BCUT2D eigenvalue weighted by Crippen LogP contribution is -2.38. The number of anilines is 1. The molecule has 0 radical (unpaired) electrons. The molecule has 0 amide bonds. The summed E-state index contributed by atoms with van der Waals surface area (Å²) in [6.45, 7) is 5.76. The van der Waals surface area contributed by atoms with E-state index < -0.39 is 10.8 Å². The van der Waals surface area contributed by atoms with Crippen LogP contribution in [0.25, 0.3) is 0 Å². The molecule has 1 N–H and O–H groups in total. The van der Waals surface area contributed by atoms with E-state index in [2.05, 4.69) is 51.3 Å². The summed E-state index contributed by atoms with van der Waals surface area (Å²) in [7, 11) is -0.621. The largest absolute Gasteiger partial charge is 0.369 e. The molecule has 1 fully saturated rings. The average molecular weight is 331 g/mol. The van der Waals surface area contributed by atoms with Crippen LogP contribution in [0.15, 0.2) is 22.7 Å². The van der Waals surface area contributed by atoms with Gasteiger partial charge in [0, 0.05) is 52.1 Å². The third kappa shape index (κ3) is 3.56. The zero-order valence-corrected chi connectivity index (χ0v) is 13.0. The van der Waals surface area contributed by atoms with Crippen LogP contribution in [0.1, 0.15) is 12.5 Å². The monoisotopic (exact) mass is 330 g/mol. The van der Waals surface area contributed by atoms with Crippen LogP contribution in [0.3, 0.4) is 0 Å². The summed E-state index contributed by atoms with van der Waals surface area (Å²) in [6, 6.07) is 6.41. The number of hydrogen-bond acceptors (Lipinski definition) is 3. The van der Waals surface area contributed by atoms with Crippen LogP contribution >= 0.6 is 15.9 Å². The van der Waals surface area contributed by atoms with E-state index in [4.69, 9.17) is 0 Å². The molecular weight excluding hydrogens is 312 g/mol. The van der Waals surface area contributed by atoms with Gasteiger partial charge in [-0.25, -0.2) is 0 Å². The smallest absolute Gasteiger partial charge is 0.0423 e. The van der Waals surface area contributed by atoms with Crippen LogP contribution in [0.4, 0.5) is 5.69 Å². The van der Waals surface area contributed by atoms with Crippen LogP contribution in [0, 0.1) is 0 Å². The quantitative estimate of drug-likeness (QED) is 0.917. The van der Waals surface area contributed by atoms with Crippen LogP contribution in [-0.2, 0) is 17.3 Å². The minimum atomic E-state index is -0.621. The molecule has 0 bridgehead atoms. The molecule has 2 rings (SSSR count). The Morgan fingerprint density at radius 2 is 2.11 bits per heavy atom. The summed E-state index contributed by atoms with van der Waals surface area (Å²) in [6.07, 6.45) is 0. The molecule has 1 aromatic carbocycles. The van der Waals surface area contributed by atoms with E-state index >= 15 is 0 Å². The summed E-state index contributed by atoms with van der Waals surface area (Å²) in [5.74, 6) is 1.57. The molecule has 1 aliphatic heterocycles. The highest BCUT2D eigenvalue weighted by molar-refractivity contribution is 9.10. The van der Waals surface area contributed by atoms with Crippen molar-refractivity contribution >= 4 is 32.4 Å². The predicted molar refractivity (Wildman–Crippen MR) is 81.6 cm³/mol. The minimum Gasteiger partial charge on any atom is -0.369 e. The van der Waals surface area contributed by atoms with Gasteiger partial charge in [0.2, 0.25) is 0 Å². The maximum absolute atomic E-state index is 11.4. The molecule has 5 heteroatoms. The highest BCUT2D eigenvalue weighted by Gasteiger charge is 2.18. The van der Waals surface area contributed by atoms with Crippen molar-refractivity contribution in [3.63, 3.8) is 0 Å². The van der Waals surface area contributed by atoms with E-state index in [-0.39, 0.29) is 0 Å². The molecular formula is C13H19BrN2OS. The molecule has 3 nitrogen and oxygen atoms in total. The van der Waals surface area contributed by atoms with Gasteiger partial charge in [-0.3, -0.25) is 4.21 Å². The second-order valence-electron chi connectivity index (χ2n) is 4.39. The summed E-state index contributed by atoms with van der Waals surface area (Å²) in [4.78, 5) is 2.35. The molecule has 1 saturated heterocycles. The molecule has 0 aromatic heterocycles. The molecule has 0 spiro atoms. The number of nitrogens with one attached hydrogen (secondary N) is 1. The first-order chi connectivity index (χ1) is 8.70. The highest BCUT2D eigenvalue weighted by atomic mass is 79.9. The van der Waals surface area contributed by atoms with Crippen molar-refractivity contribution in [2.45, 2.75) is 13.5 Å². The standard InChI is InChI=1S/C13H19BrN2OS/c1-2-15-10-11-3-4-12(14)9-13(11)16-5-7-18(17)8-6-16/h3-4,9,15H,2,5-8,10H2,1H3. The third-order valence-corrected chi connectivity index (χ3v) is 4.90. The number of benzene rings is 1. The molecule has 0 atom stereocenters. The van der Waals surface area contributed by atoms with Crippen molar-refractivity contribution in [3.05, 3.63) is 28.2 Å². The molecule has 0 aliphatic carbocycles. The Labute approximate surface area is 120 Å². The van der Waals surface area contributed by atoms with Crippen molar-refractivity contribution < 1.29 is 4.21 Å².